The molecule has 6 nitrogen and oxygen atoms in total. The van der Waals surface area contributed by atoms with E-state index in [9.17, 15) is 4.79 Å². The van der Waals surface area contributed by atoms with Crippen molar-refractivity contribution in [2.24, 2.45) is 5.73 Å². The van der Waals surface area contributed by atoms with E-state index in [0.717, 1.165) is 18.1 Å². The fourth-order valence-electron chi connectivity index (χ4n) is 2.42. The highest BCUT2D eigenvalue weighted by molar-refractivity contribution is 5.85. The Morgan fingerprint density at radius 3 is 2.79 bits per heavy atom. The molecule has 2 rings (SSSR count). The van der Waals surface area contributed by atoms with Gasteiger partial charge in [0.15, 0.2) is 0 Å². The monoisotopic (exact) mass is 287 g/mol. The Kier molecular flexibility index (Phi) is 4.92. The molecular weight excluding hydrogens is 266 g/mol. The summed E-state index contributed by atoms with van der Waals surface area (Å²) in [6.45, 7) is 7.57. The zero-order valence-corrected chi connectivity index (χ0v) is 12.5. The van der Waals surface area contributed by atoms with Crippen LogP contribution in [-0.4, -0.2) is 37.7 Å². The minimum Gasteiger partial charge on any atom is -0.332 e. The molecule has 0 aromatic carbocycles. The first-order chi connectivity index (χ1) is 8.44. The SMILES string of the molecule is CCCC(C)(N)C(=O)N1CCn2nc(C)nc2C1.Cl. The van der Waals surface area contributed by atoms with Gasteiger partial charge in [0.05, 0.1) is 18.6 Å². The molecule has 0 aliphatic carbocycles. The molecule has 0 fully saturated rings. The molecule has 2 heterocycles. The van der Waals surface area contributed by atoms with Crippen LogP contribution in [0.15, 0.2) is 0 Å². The summed E-state index contributed by atoms with van der Waals surface area (Å²) in [7, 11) is 0. The summed E-state index contributed by atoms with van der Waals surface area (Å²) in [6, 6.07) is 0. The molecule has 0 saturated heterocycles. The van der Waals surface area contributed by atoms with E-state index in [-0.39, 0.29) is 18.3 Å². The molecule has 0 radical (unpaired) electrons. The topological polar surface area (TPSA) is 77.0 Å². The minimum absolute atomic E-state index is 0. The smallest absolute Gasteiger partial charge is 0.242 e. The van der Waals surface area contributed by atoms with Crippen LogP contribution in [0.3, 0.4) is 0 Å². The number of halogens is 1. The third kappa shape index (κ3) is 3.25. The van der Waals surface area contributed by atoms with Crippen LogP contribution in [0.2, 0.25) is 0 Å². The van der Waals surface area contributed by atoms with Gasteiger partial charge in [0.2, 0.25) is 5.91 Å². The first-order valence-electron chi connectivity index (χ1n) is 6.42. The van der Waals surface area contributed by atoms with E-state index in [1.165, 1.54) is 0 Å². The Hall–Kier alpha value is -1.14. The predicted molar refractivity (Wildman–Crippen MR) is 74.9 cm³/mol. The summed E-state index contributed by atoms with van der Waals surface area (Å²) in [5.74, 6) is 1.61. The molecule has 108 valence electrons. The van der Waals surface area contributed by atoms with Gasteiger partial charge >= 0.3 is 0 Å². The number of nitrogens with zero attached hydrogens (tertiary/aromatic N) is 4. The third-order valence-electron chi connectivity index (χ3n) is 3.31. The number of aryl methyl sites for hydroxylation is 1. The zero-order chi connectivity index (χ0) is 13.3. The summed E-state index contributed by atoms with van der Waals surface area (Å²) in [6.07, 6.45) is 1.61. The highest BCUT2D eigenvalue weighted by Gasteiger charge is 2.34. The fourth-order valence-corrected chi connectivity index (χ4v) is 2.42. The molecule has 0 bridgehead atoms. The molecule has 19 heavy (non-hydrogen) atoms. The Balaban J connectivity index is 0.00000180. The van der Waals surface area contributed by atoms with E-state index in [2.05, 4.69) is 10.1 Å². The summed E-state index contributed by atoms with van der Waals surface area (Å²) >= 11 is 0. The summed E-state index contributed by atoms with van der Waals surface area (Å²) in [4.78, 5) is 18.5. The summed E-state index contributed by atoms with van der Waals surface area (Å²) < 4.78 is 1.87. The van der Waals surface area contributed by atoms with Crippen molar-refractivity contribution in [2.75, 3.05) is 6.54 Å². The second kappa shape index (κ2) is 5.88. The maximum atomic E-state index is 12.4. The molecule has 1 aliphatic rings. The van der Waals surface area contributed by atoms with E-state index in [0.29, 0.717) is 26.1 Å². The van der Waals surface area contributed by atoms with Crippen molar-refractivity contribution in [3.05, 3.63) is 11.6 Å². The van der Waals surface area contributed by atoms with Crippen LogP contribution < -0.4 is 5.73 Å². The number of rotatable bonds is 3. The Bertz CT molecular complexity index is 457. The molecule has 1 atom stereocenters. The van der Waals surface area contributed by atoms with Gasteiger partial charge in [-0.25, -0.2) is 9.67 Å². The summed E-state index contributed by atoms with van der Waals surface area (Å²) in [5, 5.41) is 4.28. The average Bonchev–Trinajstić information content (AvgIpc) is 2.66. The number of carbonyl (C=O) groups is 1. The van der Waals surface area contributed by atoms with Crippen molar-refractivity contribution < 1.29 is 4.79 Å². The van der Waals surface area contributed by atoms with Crippen LogP contribution >= 0.6 is 12.4 Å². The number of hydrogen-bond acceptors (Lipinski definition) is 4. The lowest BCUT2D eigenvalue weighted by molar-refractivity contribution is -0.138. The van der Waals surface area contributed by atoms with Crippen molar-refractivity contribution in [1.82, 2.24) is 19.7 Å². The summed E-state index contributed by atoms with van der Waals surface area (Å²) in [5.41, 5.74) is 5.32. The van der Waals surface area contributed by atoms with Crippen molar-refractivity contribution in [1.29, 1.82) is 0 Å². The van der Waals surface area contributed by atoms with E-state index in [4.69, 9.17) is 5.73 Å². The second-order valence-electron chi connectivity index (χ2n) is 5.19. The molecule has 1 amide bonds. The van der Waals surface area contributed by atoms with E-state index >= 15 is 0 Å². The van der Waals surface area contributed by atoms with Gasteiger partial charge in [-0.1, -0.05) is 13.3 Å². The zero-order valence-electron chi connectivity index (χ0n) is 11.7. The number of fused-ring (bicyclic) bond motifs is 1. The van der Waals surface area contributed by atoms with Gasteiger partial charge in [0.1, 0.15) is 11.6 Å². The highest BCUT2D eigenvalue weighted by atomic mass is 35.5. The number of carbonyl (C=O) groups excluding carboxylic acids is 1. The minimum atomic E-state index is -0.772. The number of amides is 1. The molecular formula is C12H22ClN5O. The van der Waals surface area contributed by atoms with Crippen LogP contribution in [0, 0.1) is 6.92 Å². The number of nitrogens with two attached hydrogens (primary N) is 1. The molecule has 1 aliphatic heterocycles. The Morgan fingerprint density at radius 1 is 1.47 bits per heavy atom. The number of aromatic nitrogens is 3. The Morgan fingerprint density at radius 2 is 2.16 bits per heavy atom. The number of hydrogen-bond donors (Lipinski definition) is 1. The van der Waals surface area contributed by atoms with E-state index < -0.39 is 5.54 Å². The second-order valence-corrected chi connectivity index (χ2v) is 5.19. The lowest BCUT2D eigenvalue weighted by atomic mass is 9.95. The van der Waals surface area contributed by atoms with E-state index in [1.54, 1.807) is 4.90 Å². The fraction of sp³-hybridized carbons (Fsp3) is 0.750. The lowest BCUT2D eigenvalue weighted by Crippen LogP contribution is -2.54. The Labute approximate surface area is 119 Å². The molecule has 7 heteroatoms. The van der Waals surface area contributed by atoms with Crippen LogP contribution in [-0.2, 0) is 17.9 Å². The van der Waals surface area contributed by atoms with Crippen LogP contribution in [0.4, 0.5) is 0 Å². The van der Waals surface area contributed by atoms with Crippen molar-refractivity contribution in [2.45, 2.75) is 52.2 Å². The predicted octanol–water partition coefficient (Wildman–Crippen LogP) is 0.868. The molecule has 0 saturated carbocycles. The van der Waals surface area contributed by atoms with Crippen molar-refractivity contribution >= 4 is 18.3 Å². The van der Waals surface area contributed by atoms with Gasteiger partial charge in [0, 0.05) is 6.54 Å². The van der Waals surface area contributed by atoms with Crippen LogP contribution in [0.5, 0.6) is 0 Å². The molecule has 1 aromatic rings. The quantitative estimate of drug-likeness (QED) is 0.895. The average molecular weight is 288 g/mol. The lowest BCUT2D eigenvalue weighted by Gasteiger charge is -2.33. The maximum Gasteiger partial charge on any atom is 0.242 e. The molecule has 2 N–H and O–H groups in total. The maximum absolute atomic E-state index is 12.4. The first kappa shape index (κ1) is 15.9. The van der Waals surface area contributed by atoms with Gasteiger partial charge in [-0.05, 0) is 20.3 Å². The van der Waals surface area contributed by atoms with Gasteiger partial charge in [-0.3, -0.25) is 4.79 Å². The largest absolute Gasteiger partial charge is 0.332 e. The normalized spacial score (nSPS) is 17.4. The van der Waals surface area contributed by atoms with E-state index in [1.807, 2.05) is 25.5 Å². The van der Waals surface area contributed by atoms with Gasteiger partial charge in [0.25, 0.3) is 0 Å². The molecule has 1 unspecified atom stereocenters. The highest BCUT2D eigenvalue weighted by Crippen LogP contribution is 2.17. The standard InChI is InChI=1S/C12H21N5O.ClH/c1-4-5-12(3,13)11(18)16-6-7-17-10(8-16)14-9(2)15-17;/h4-8,13H2,1-3H3;1H. The van der Waals surface area contributed by atoms with Gasteiger partial charge < -0.3 is 10.6 Å². The van der Waals surface area contributed by atoms with Gasteiger partial charge in [-0.15, -0.1) is 12.4 Å². The molecule has 0 spiro atoms. The van der Waals surface area contributed by atoms with Gasteiger partial charge in [-0.2, -0.15) is 5.10 Å². The van der Waals surface area contributed by atoms with Crippen LogP contribution in [0.1, 0.15) is 38.3 Å². The van der Waals surface area contributed by atoms with Crippen molar-refractivity contribution in [3.8, 4) is 0 Å². The van der Waals surface area contributed by atoms with Crippen LogP contribution in [0.25, 0.3) is 0 Å². The third-order valence-corrected chi connectivity index (χ3v) is 3.31. The molecule has 1 aromatic heterocycles. The van der Waals surface area contributed by atoms with Crippen molar-refractivity contribution in [3.63, 3.8) is 0 Å². The first-order valence-corrected chi connectivity index (χ1v) is 6.42.